The summed E-state index contributed by atoms with van der Waals surface area (Å²) < 4.78 is 23.7. The summed E-state index contributed by atoms with van der Waals surface area (Å²) in [7, 11) is 0. The van der Waals surface area contributed by atoms with Crippen LogP contribution in [-0.4, -0.2) is 9.13 Å². The van der Waals surface area contributed by atoms with E-state index in [0.717, 1.165) is 47.6 Å². The van der Waals surface area contributed by atoms with E-state index in [2.05, 4.69) is 355 Å². The molecule has 0 atom stereocenters. The molecule has 0 saturated carbocycles. The normalized spacial score (nSPS) is 11.8. The molecule has 0 aliphatic carbocycles. The van der Waals surface area contributed by atoms with Gasteiger partial charge in [0.15, 0.2) is 0 Å². The molecule has 12 heteroatoms. The lowest BCUT2D eigenvalue weighted by Gasteiger charge is -2.09. The van der Waals surface area contributed by atoms with Gasteiger partial charge in [0.1, 0.15) is 11.2 Å². The SMILES string of the molecule is Clc1ccc(-c2ccc3c(c2)sc2ccc(-c4ccc5c6ccccc6n(-c6ccccc6)c5c4)cc23)cc1.Clc1ccc2c(c1)sc1ccc(-c3ccc4c(c3)oc3ccccc34)cc12.Clc1ccc2c(c1)sc1ccc(-c3ccc4c(c3)sc3ccccc34)cc12.Clc1ccc2c(c1)sc1ccc(-c3ccc4c5ccccc5n(-c5ccccc5)c4c3)cc12. The van der Waals surface area contributed by atoms with Gasteiger partial charge in [-0.05, 0) is 238 Å². The second kappa shape index (κ2) is 31.5. The smallest absolute Gasteiger partial charge is 0.136 e. The molecule has 0 aliphatic heterocycles. The van der Waals surface area contributed by atoms with Crippen LogP contribution in [0.3, 0.4) is 0 Å². The van der Waals surface area contributed by atoms with Gasteiger partial charge in [-0.25, -0.2) is 0 Å². The van der Waals surface area contributed by atoms with Gasteiger partial charge in [0.25, 0.3) is 0 Å². The number of hydrogen-bond acceptors (Lipinski definition) is 6. The third-order valence-corrected chi connectivity index (χ3v) is 31.0. The van der Waals surface area contributed by atoms with E-state index in [1.54, 1.807) is 34.0 Å². The average molecular weight is 1780 g/mol. The van der Waals surface area contributed by atoms with Crippen LogP contribution in [0.25, 0.3) is 233 Å². The molecule has 8 heterocycles. The highest BCUT2D eigenvalue weighted by molar-refractivity contribution is 7.27. The first kappa shape index (κ1) is 76.5. The Morgan fingerprint density at radius 2 is 0.429 bits per heavy atom. The molecule has 0 aliphatic rings. The van der Waals surface area contributed by atoms with Crippen LogP contribution in [0.2, 0.25) is 20.1 Å². The van der Waals surface area contributed by atoms with Crippen molar-refractivity contribution in [2.75, 3.05) is 0 Å². The van der Waals surface area contributed by atoms with Crippen molar-refractivity contribution < 1.29 is 4.42 Å². The van der Waals surface area contributed by atoms with Crippen LogP contribution in [0.4, 0.5) is 0 Å². The first-order chi connectivity index (χ1) is 62.0. The van der Waals surface area contributed by atoms with Crippen molar-refractivity contribution in [2.24, 2.45) is 0 Å². The summed E-state index contributed by atoms with van der Waals surface area (Å²) in [5.74, 6) is 0. The van der Waals surface area contributed by atoms with Gasteiger partial charge in [0.05, 0.1) is 22.1 Å². The van der Waals surface area contributed by atoms with E-state index >= 15 is 0 Å². The minimum Gasteiger partial charge on any atom is -0.456 e. The van der Waals surface area contributed by atoms with Crippen molar-refractivity contribution in [2.45, 2.75) is 0 Å². The monoisotopic (exact) mass is 1780 g/mol. The van der Waals surface area contributed by atoms with Gasteiger partial charge in [-0.1, -0.05) is 265 Å². The Morgan fingerprint density at radius 3 is 0.873 bits per heavy atom. The van der Waals surface area contributed by atoms with Crippen LogP contribution in [0.5, 0.6) is 0 Å². The molecule has 8 aromatic heterocycles. The Kier molecular flexibility index (Phi) is 19.1. The van der Waals surface area contributed by atoms with Crippen molar-refractivity contribution in [3.63, 3.8) is 0 Å². The first-order valence-corrected chi connectivity index (χ1v) is 47.2. The van der Waals surface area contributed by atoms with Crippen molar-refractivity contribution in [3.8, 4) is 67.0 Å². The number of fused-ring (bicyclic) bond motifs is 24. The van der Waals surface area contributed by atoms with Gasteiger partial charge < -0.3 is 13.6 Å². The largest absolute Gasteiger partial charge is 0.456 e. The van der Waals surface area contributed by atoms with E-state index in [1.807, 2.05) is 77.3 Å². The number of para-hydroxylation sites is 5. The fourth-order valence-electron chi connectivity index (χ4n) is 18.4. The Labute approximate surface area is 763 Å². The van der Waals surface area contributed by atoms with Crippen molar-refractivity contribution in [3.05, 3.63) is 420 Å². The highest BCUT2D eigenvalue weighted by Crippen LogP contribution is 2.47. The molecule has 0 N–H and O–H groups in total. The van der Waals surface area contributed by atoms with Crippen LogP contribution in [0.15, 0.2) is 405 Å². The van der Waals surface area contributed by atoms with E-state index in [-0.39, 0.29) is 0 Å². The van der Waals surface area contributed by atoms with Gasteiger partial charge in [-0.2, -0.15) is 0 Å². The van der Waals surface area contributed by atoms with Crippen LogP contribution in [-0.2, 0) is 0 Å². The zero-order chi connectivity index (χ0) is 83.8. The van der Waals surface area contributed by atoms with Crippen molar-refractivity contribution >= 4 is 269 Å². The molecular weight excluding hydrogens is 1720 g/mol. The molecular formula is C114H66Cl4N2OS5. The van der Waals surface area contributed by atoms with E-state index in [4.69, 9.17) is 50.8 Å². The highest BCUT2D eigenvalue weighted by Gasteiger charge is 2.20. The quantitative estimate of drug-likeness (QED) is 0.156. The summed E-state index contributed by atoms with van der Waals surface area (Å²) in [5, 5.41) is 23.5. The van der Waals surface area contributed by atoms with E-state index < -0.39 is 0 Å². The molecule has 27 aromatic rings. The molecule has 0 fully saturated rings. The molecule has 596 valence electrons. The van der Waals surface area contributed by atoms with E-state index in [1.165, 1.54) is 206 Å². The topological polar surface area (TPSA) is 23.0 Å². The predicted octanol–water partition coefficient (Wildman–Crippen LogP) is 37.6. The summed E-state index contributed by atoms with van der Waals surface area (Å²) in [6, 6.07) is 143. The average Bonchev–Trinajstić information content (AvgIpc) is 1.59. The van der Waals surface area contributed by atoms with Gasteiger partial charge in [-0.3, -0.25) is 0 Å². The number of hydrogen-bond donors (Lipinski definition) is 0. The Hall–Kier alpha value is -13.2. The maximum Gasteiger partial charge on any atom is 0.136 e. The number of aromatic nitrogens is 2. The predicted molar refractivity (Wildman–Crippen MR) is 553 cm³/mol. The van der Waals surface area contributed by atoms with Crippen LogP contribution in [0.1, 0.15) is 0 Å². The number of thiophene rings is 5. The third-order valence-electron chi connectivity index (χ3n) is 24.4. The molecule has 19 aromatic carbocycles. The van der Waals surface area contributed by atoms with Crippen LogP contribution >= 0.6 is 103 Å². The third kappa shape index (κ3) is 13.7. The second-order valence-corrected chi connectivity index (χ2v) is 39.0. The van der Waals surface area contributed by atoms with E-state index in [0.29, 0.717) is 0 Å². The number of rotatable bonds is 7. The molecule has 27 rings (SSSR count). The minimum atomic E-state index is 0.761. The van der Waals surface area contributed by atoms with Crippen LogP contribution < -0.4 is 0 Å². The molecule has 0 unspecified atom stereocenters. The van der Waals surface area contributed by atoms with Gasteiger partial charge in [-0.15, -0.1) is 56.7 Å². The molecule has 0 radical (unpaired) electrons. The van der Waals surface area contributed by atoms with Crippen molar-refractivity contribution in [1.82, 2.24) is 9.13 Å². The Balaban J connectivity index is 0.0000000950. The fraction of sp³-hybridized carbons (Fsp3) is 0. The zero-order valence-electron chi connectivity index (χ0n) is 67.0. The minimum absolute atomic E-state index is 0.761. The molecule has 126 heavy (non-hydrogen) atoms. The molecule has 0 saturated heterocycles. The lowest BCUT2D eigenvalue weighted by Crippen LogP contribution is -1.93. The molecule has 0 bridgehead atoms. The standard InChI is InChI=1S/C36H22ClNS.C30H18ClNS.C24H13ClOS.C24H13ClS2/c37-27-15-10-23(11-16-27)26-13-18-31-32-20-24(14-19-35(32)39-36(31)22-26)25-12-17-30-29-8-4-5-9-33(29)38(34(30)21-25)28-6-2-1-3-7-28;31-21-12-14-25-26-16-19(11-15-29(26)33-30(25)18-21)20-10-13-24-23-8-4-5-9-27(23)32(28(24)17-20)22-6-2-1-3-7-22;25-16-7-9-19-20-11-14(6-10-23(20)27-24(19)13-16)15-5-8-18-17-3-1-2-4-21(17)26-22(18)12-15;25-16-7-9-19-20-11-14(6-10-22(20)27-24(19)13-16)15-5-8-18-17-3-1-2-4-21(17)26-23(18)12-15/h1-22H;1-18H;2*1-13H. The number of halogens is 4. The highest BCUT2D eigenvalue weighted by atomic mass is 35.5. The lowest BCUT2D eigenvalue weighted by atomic mass is 10.00. The van der Waals surface area contributed by atoms with Gasteiger partial charge in [0.2, 0.25) is 0 Å². The molecule has 0 amide bonds. The first-order valence-electron chi connectivity index (χ1n) is 41.6. The summed E-state index contributed by atoms with van der Waals surface area (Å²) in [4.78, 5) is 0. The Morgan fingerprint density at radius 1 is 0.159 bits per heavy atom. The van der Waals surface area contributed by atoms with Gasteiger partial charge in [0, 0.05) is 165 Å². The summed E-state index contributed by atoms with van der Waals surface area (Å²) >= 11 is 33.8. The molecule has 0 spiro atoms. The Bertz CT molecular complexity index is 8830. The van der Waals surface area contributed by atoms with E-state index in [9.17, 15) is 0 Å². The summed E-state index contributed by atoms with van der Waals surface area (Å²) in [6.45, 7) is 0. The maximum absolute atomic E-state index is 6.23. The molecule has 3 nitrogen and oxygen atoms in total. The zero-order valence-corrected chi connectivity index (χ0v) is 74.1. The number of furan rings is 1. The lowest BCUT2D eigenvalue weighted by molar-refractivity contribution is 0.669. The van der Waals surface area contributed by atoms with Crippen LogP contribution in [0, 0.1) is 0 Å². The number of nitrogens with zero attached hydrogens (tertiary/aromatic N) is 2. The summed E-state index contributed by atoms with van der Waals surface area (Å²) in [5.41, 5.74) is 21.3. The summed E-state index contributed by atoms with van der Waals surface area (Å²) in [6.07, 6.45) is 0. The fourth-order valence-corrected chi connectivity index (χ4v) is 24.9. The van der Waals surface area contributed by atoms with Crippen molar-refractivity contribution in [1.29, 1.82) is 0 Å². The van der Waals surface area contributed by atoms with Gasteiger partial charge >= 0.3 is 0 Å². The maximum atomic E-state index is 6.23. The second-order valence-electron chi connectivity index (χ2n) is 31.8. The number of benzene rings is 19.